The standard InChI is InChI=1S/C19H33BN2O5/c1-18(2,3)27-17(26)22-19(4,12-23)11-21-10-14-6-5-13(7-8-20)9-15(14)16(24)25/h12-15,21H,5-11H2,1-4H3,(H,22,26)(H,24,25)/t13-,14-,15-,19-/m0/s1. The minimum Gasteiger partial charge on any atom is -0.481 e. The first-order chi connectivity index (χ1) is 12.5. The molecule has 0 spiro atoms. The maximum absolute atomic E-state index is 11.9. The van der Waals surface area contributed by atoms with Crippen molar-refractivity contribution in [3.63, 3.8) is 0 Å². The van der Waals surface area contributed by atoms with Gasteiger partial charge in [0, 0.05) is 6.54 Å². The van der Waals surface area contributed by atoms with E-state index in [1.54, 1.807) is 27.7 Å². The van der Waals surface area contributed by atoms with Crippen molar-refractivity contribution < 1.29 is 24.2 Å². The number of hydrogen-bond donors (Lipinski definition) is 3. The van der Waals surface area contributed by atoms with E-state index >= 15 is 0 Å². The van der Waals surface area contributed by atoms with Crippen LogP contribution in [-0.4, -0.2) is 55.5 Å². The van der Waals surface area contributed by atoms with Gasteiger partial charge < -0.3 is 25.3 Å². The Balaban J connectivity index is 2.56. The highest BCUT2D eigenvalue weighted by molar-refractivity contribution is 6.08. The summed E-state index contributed by atoms with van der Waals surface area (Å²) < 4.78 is 5.19. The zero-order valence-electron chi connectivity index (χ0n) is 16.9. The average Bonchev–Trinajstić information content (AvgIpc) is 2.54. The monoisotopic (exact) mass is 380 g/mol. The Hall–Kier alpha value is -1.57. The smallest absolute Gasteiger partial charge is 0.408 e. The molecule has 0 saturated heterocycles. The van der Waals surface area contributed by atoms with E-state index in [0.717, 1.165) is 19.3 Å². The molecule has 7 nitrogen and oxygen atoms in total. The number of rotatable bonds is 9. The Morgan fingerprint density at radius 3 is 2.44 bits per heavy atom. The van der Waals surface area contributed by atoms with Gasteiger partial charge in [0.1, 0.15) is 17.4 Å². The molecule has 4 atom stereocenters. The number of ether oxygens (including phenoxy) is 1. The van der Waals surface area contributed by atoms with Crippen LogP contribution in [0, 0.1) is 17.8 Å². The van der Waals surface area contributed by atoms with Crippen LogP contribution >= 0.6 is 0 Å². The number of hydrogen-bond acceptors (Lipinski definition) is 5. The molecule has 0 unspecified atom stereocenters. The molecule has 1 fully saturated rings. The second kappa shape index (κ2) is 10.1. The third kappa shape index (κ3) is 8.33. The number of amides is 1. The number of carboxylic acid groups (broad SMARTS) is 1. The number of carbonyl (C=O) groups excluding carboxylic acids is 2. The van der Waals surface area contributed by atoms with Gasteiger partial charge in [-0.15, -0.1) is 0 Å². The van der Waals surface area contributed by atoms with E-state index in [2.05, 4.69) is 10.6 Å². The van der Waals surface area contributed by atoms with E-state index < -0.39 is 29.1 Å². The SMILES string of the molecule is [B]CC[C@@H]1CC[C@@H](CNC[C@@](C)(C=O)NC(=O)OC(C)(C)C)[C@@H](C(=O)O)C1. The van der Waals surface area contributed by atoms with Crippen molar-refractivity contribution in [2.75, 3.05) is 13.1 Å². The van der Waals surface area contributed by atoms with Crippen LogP contribution < -0.4 is 10.6 Å². The van der Waals surface area contributed by atoms with Crippen LogP contribution in [0.2, 0.25) is 6.32 Å². The van der Waals surface area contributed by atoms with Gasteiger partial charge in [-0.05, 0) is 58.9 Å². The third-order valence-electron chi connectivity index (χ3n) is 4.94. The first kappa shape index (κ1) is 23.5. The number of carboxylic acids is 1. The summed E-state index contributed by atoms with van der Waals surface area (Å²) in [6, 6.07) is 0. The summed E-state index contributed by atoms with van der Waals surface area (Å²) in [6.45, 7) is 7.52. The van der Waals surface area contributed by atoms with Gasteiger partial charge in [-0.1, -0.05) is 19.2 Å². The number of carbonyl (C=O) groups is 3. The highest BCUT2D eigenvalue weighted by Crippen LogP contribution is 2.36. The largest absolute Gasteiger partial charge is 0.481 e. The molecule has 152 valence electrons. The van der Waals surface area contributed by atoms with Crippen molar-refractivity contribution in [2.45, 2.75) is 70.8 Å². The van der Waals surface area contributed by atoms with Gasteiger partial charge in [-0.3, -0.25) is 4.79 Å². The van der Waals surface area contributed by atoms with Crippen molar-refractivity contribution in [1.82, 2.24) is 10.6 Å². The van der Waals surface area contributed by atoms with Crippen LogP contribution in [0.15, 0.2) is 0 Å². The fraction of sp³-hybridized carbons (Fsp3) is 0.842. The first-order valence-electron chi connectivity index (χ1n) is 9.60. The lowest BCUT2D eigenvalue weighted by molar-refractivity contribution is -0.145. The fourth-order valence-corrected chi connectivity index (χ4v) is 3.53. The normalized spacial score (nSPS) is 25.3. The molecule has 1 saturated carbocycles. The summed E-state index contributed by atoms with van der Waals surface area (Å²) in [6.07, 6.45) is 3.85. The van der Waals surface area contributed by atoms with Gasteiger partial charge in [0.2, 0.25) is 0 Å². The molecule has 2 radical (unpaired) electrons. The molecular weight excluding hydrogens is 347 g/mol. The molecule has 0 heterocycles. The van der Waals surface area contributed by atoms with E-state index in [9.17, 15) is 19.5 Å². The predicted octanol–water partition coefficient (Wildman–Crippen LogP) is 2.15. The molecule has 1 aliphatic carbocycles. The molecule has 0 aromatic carbocycles. The second-order valence-corrected chi connectivity index (χ2v) is 8.75. The van der Waals surface area contributed by atoms with Gasteiger partial charge in [0.15, 0.2) is 0 Å². The van der Waals surface area contributed by atoms with Gasteiger partial charge >= 0.3 is 12.1 Å². The molecule has 3 N–H and O–H groups in total. The van der Waals surface area contributed by atoms with E-state index in [1.807, 2.05) is 0 Å². The molecule has 1 amide bonds. The van der Waals surface area contributed by atoms with Crippen LogP contribution in [0.5, 0.6) is 0 Å². The Morgan fingerprint density at radius 2 is 1.93 bits per heavy atom. The van der Waals surface area contributed by atoms with E-state index in [1.165, 1.54) is 0 Å². The van der Waals surface area contributed by atoms with Gasteiger partial charge in [-0.2, -0.15) is 0 Å². The fourth-order valence-electron chi connectivity index (χ4n) is 3.53. The highest BCUT2D eigenvalue weighted by atomic mass is 16.6. The van der Waals surface area contributed by atoms with Gasteiger partial charge in [-0.25, -0.2) is 4.79 Å². The maximum atomic E-state index is 11.9. The van der Waals surface area contributed by atoms with Crippen LogP contribution in [0.1, 0.15) is 53.4 Å². The topological polar surface area (TPSA) is 105 Å². The Morgan fingerprint density at radius 1 is 1.26 bits per heavy atom. The molecule has 8 heteroatoms. The Labute approximate surface area is 163 Å². The maximum Gasteiger partial charge on any atom is 0.408 e. The first-order valence-corrected chi connectivity index (χ1v) is 9.60. The van der Waals surface area contributed by atoms with Crippen LogP contribution in [0.3, 0.4) is 0 Å². The highest BCUT2D eigenvalue weighted by Gasteiger charge is 2.35. The summed E-state index contributed by atoms with van der Waals surface area (Å²) in [5.41, 5.74) is -1.78. The Bertz CT molecular complexity index is 523. The van der Waals surface area contributed by atoms with Crippen molar-refractivity contribution in [2.24, 2.45) is 17.8 Å². The average molecular weight is 380 g/mol. The quantitative estimate of drug-likeness (QED) is 0.418. The molecule has 1 aliphatic rings. The van der Waals surface area contributed by atoms with Crippen molar-refractivity contribution >= 4 is 26.2 Å². The Kier molecular flexibility index (Phi) is 8.79. The van der Waals surface area contributed by atoms with Gasteiger partial charge in [0.05, 0.1) is 13.8 Å². The van der Waals surface area contributed by atoms with Gasteiger partial charge in [0.25, 0.3) is 0 Å². The lowest BCUT2D eigenvalue weighted by Crippen LogP contribution is -2.55. The summed E-state index contributed by atoms with van der Waals surface area (Å²) in [5.74, 6) is -0.840. The lowest BCUT2D eigenvalue weighted by Gasteiger charge is -2.35. The molecule has 0 bridgehead atoms. The zero-order chi connectivity index (χ0) is 20.7. The van der Waals surface area contributed by atoms with Crippen molar-refractivity contribution in [3.05, 3.63) is 0 Å². The van der Waals surface area contributed by atoms with E-state index in [-0.39, 0.29) is 12.5 Å². The minimum absolute atomic E-state index is 0.00560. The van der Waals surface area contributed by atoms with Crippen molar-refractivity contribution in [3.8, 4) is 0 Å². The van der Waals surface area contributed by atoms with E-state index in [0.29, 0.717) is 31.5 Å². The minimum atomic E-state index is -1.13. The summed E-state index contributed by atoms with van der Waals surface area (Å²) in [4.78, 5) is 35.0. The number of alkyl carbamates (subject to hydrolysis) is 1. The molecule has 1 rings (SSSR count). The second-order valence-electron chi connectivity index (χ2n) is 8.75. The summed E-state index contributed by atoms with van der Waals surface area (Å²) in [5, 5.41) is 15.3. The zero-order valence-corrected chi connectivity index (χ0v) is 16.9. The number of nitrogens with one attached hydrogen (secondary N) is 2. The molecule has 27 heavy (non-hydrogen) atoms. The van der Waals surface area contributed by atoms with Crippen LogP contribution in [0.4, 0.5) is 4.79 Å². The third-order valence-corrected chi connectivity index (χ3v) is 4.94. The molecular formula is C19H33BN2O5. The summed E-state index contributed by atoms with van der Waals surface area (Å²) >= 11 is 0. The predicted molar refractivity (Wildman–Crippen MR) is 104 cm³/mol. The molecule has 0 aliphatic heterocycles. The lowest BCUT2D eigenvalue weighted by atomic mass is 9.71. The number of aldehydes is 1. The summed E-state index contributed by atoms with van der Waals surface area (Å²) in [7, 11) is 5.60. The van der Waals surface area contributed by atoms with Crippen molar-refractivity contribution in [1.29, 1.82) is 0 Å². The van der Waals surface area contributed by atoms with Crippen LogP contribution in [0.25, 0.3) is 0 Å². The molecule has 0 aromatic rings. The van der Waals surface area contributed by atoms with E-state index in [4.69, 9.17) is 12.6 Å². The molecule has 0 aromatic heterocycles. The number of aliphatic carboxylic acids is 1. The van der Waals surface area contributed by atoms with Crippen LogP contribution in [-0.2, 0) is 14.3 Å².